The van der Waals surface area contributed by atoms with E-state index >= 15 is 0 Å². The van der Waals surface area contributed by atoms with Crippen molar-refractivity contribution in [1.29, 1.82) is 0 Å². The molecule has 1 aromatic carbocycles. The molecule has 2 aromatic rings. The number of aryl methyl sites for hydroxylation is 1. The Morgan fingerprint density at radius 3 is 2.47 bits per heavy atom. The smallest absolute Gasteiger partial charge is 0.119 e. The highest BCUT2D eigenvalue weighted by Gasteiger charge is 2.09. The average Bonchev–Trinajstić information content (AvgIpc) is 2.72. The Labute approximate surface area is 114 Å². The molecule has 0 saturated carbocycles. The summed E-state index contributed by atoms with van der Waals surface area (Å²) in [6, 6.07) is 7.93. The summed E-state index contributed by atoms with van der Waals surface area (Å²) >= 11 is 0. The molecule has 0 radical (unpaired) electrons. The van der Waals surface area contributed by atoms with Crippen LogP contribution in [0, 0.1) is 13.8 Å². The fraction of sp³-hybridized carbons (Fsp3) is 0.400. The number of nitrogens with zero attached hydrogens (tertiary/aromatic N) is 2. The van der Waals surface area contributed by atoms with Crippen molar-refractivity contribution in [2.75, 3.05) is 6.61 Å². The van der Waals surface area contributed by atoms with E-state index in [0.717, 1.165) is 23.6 Å². The number of hydrogen-bond donors (Lipinski definition) is 1. The van der Waals surface area contributed by atoms with Gasteiger partial charge in [0, 0.05) is 18.3 Å². The van der Waals surface area contributed by atoms with E-state index in [1.54, 1.807) is 0 Å². The zero-order valence-corrected chi connectivity index (χ0v) is 11.8. The molecule has 0 spiro atoms. The van der Waals surface area contributed by atoms with Crippen LogP contribution in [0.4, 0.5) is 0 Å². The second-order valence-electron chi connectivity index (χ2n) is 4.68. The first-order valence-electron chi connectivity index (χ1n) is 6.58. The Kier molecular flexibility index (Phi) is 4.22. The topological polar surface area (TPSA) is 53.1 Å². The molecule has 0 aliphatic rings. The van der Waals surface area contributed by atoms with Crippen molar-refractivity contribution in [3.63, 3.8) is 0 Å². The molecule has 1 unspecified atom stereocenters. The van der Waals surface area contributed by atoms with Crippen molar-refractivity contribution in [2.24, 2.45) is 5.73 Å². The van der Waals surface area contributed by atoms with Gasteiger partial charge in [-0.15, -0.1) is 0 Å². The summed E-state index contributed by atoms with van der Waals surface area (Å²) in [5.74, 6) is 0.883. The van der Waals surface area contributed by atoms with Gasteiger partial charge in [-0.05, 0) is 38.5 Å². The Bertz CT molecular complexity index is 531. The van der Waals surface area contributed by atoms with E-state index in [1.165, 1.54) is 5.69 Å². The van der Waals surface area contributed by atoms with Crippen LogP contribution in [0.5, 0.6) is 5.75 Å². The number of imidazole rings is 1. The molecule has 0 saturated heterocycles. The Morgan fingerprint density at radius 1 is 1.26 bits per heavy atom. The maximum absolute atomic E-state index is 6.24. The molecule has 2 rings (SSSR count). The van der Waals surface area contributed by atoms with Gasteiger partial charge < -0.3 is 15.0 Å². The minimum absolute atomic E-state index is 0.0389. The molecule has 0 amide bonds. The largest absolute Gasteiger partial charge is 0.494 e. The lowest BCUT2D eigenvalue weighted by molar-refractivity contribution is 0.340. The van der Waals surface area contributed by atoms with Crippen LogP contribution in [0.3, 0.4) is 0 Å². The predicted molar refractivity (Wildman–Crippen MR) is 76.2 cm³/mol. The van der Waals surface area contributed by atoms with Crippen LogP contribution in [0.2, 0.25) is 0 Å². The van der Waals surface area contributed by atoms with Gasteiger partial charge in [0.1, 0.15) is 5.75 Å². The molecule has 0 fully saturated rings. The summed E-state index contributed by atoms with van der Waals surface area (Å²) in [7, 11) is 0. The lowest BCUT2D eigenvalue weighted by Gasteiger charge is -2.15. The third-order valence-corrected chi connectivity index (χ3v) is 3.36. The first-order valence-corrected chi connectivity index (χ1v) is 6.58. The van der Waals surface area contributed by atoms with Crippen molar-refractivity contribution in [2.45, 2.75) is 33.4 Å². The fourth-order valence-electron chi connectivity index (χ4n) is 2.02. The third-order valence-electron chi connectivity index (χ3n) is 3.36. The van der Waals surface area contributed by atoms with Crippen molar-refractivity contribution in [1.82, 2.24) is 9.55 Å². The van der Waals surface area contributed by atoms with Crippen molar-refractivity contribution >= 4 is 0 Å². The number of ether oxygens (including phenoxy) is 1. The van der Waals surface area contributed by atoms with Gasteiger partial charge in [0.15, 0.2) is 0 Å². The molecule has 4 heteroatoms. The number of hydrogen-bond acceptors (Lipinski definition) is 3. The molecule has 1 heterocycles. The monoisotopic (exact) mass is 259 g/mol. The first kappa shape index (κ1) is 13.6. The van der Waals surface area contributed by atoms with E-state index in [1.807, 2.05) is 44.4 Å². The highest BCUT2D eigenvalue weighted by Crippen LogP contribution is 2.18. The van der Waals surface area contributed by atoms with Crippen molar-refractivity contribution < 1.29 is 4.74 Å². The van der Waals surface area contributed by atoms with E-state index in [2.05, 4.69) is 16.5 Å². The van der Waals surface area contributed by atoms with E-state index in [-0.39, 0.29) is 6.04 Å². The fourth-order valence-corrected chi connectivity index (χ4v) is 2.02. The lowest BCUT2D eigenvalue weighted by Crippen LogP contribution is -2.17. The van der Waals surface area contributed by atoms with Crippen LogP contribution < -0.4 is 10.5 Å². The van der Waals surface area contributed by atoms with Crippen molar-refractivity contribution in [3.05, 3.63) is 47.5 Å². The highest BCUT2D eigenvalue weighted by molar-refractivity contribution is 5.29. The molecule has 1 aromatic heterocycles. The molecule has 0 aliphatic heterocycles. The zero-order chi connectivity index (χ0) is 13.8. The summed E-state index contributed by atoms with van der Waals surface area (Å²) in [4.78, 5) is 4.29. The molecular formula is C15H21N3O. The van der Waals surface area contributed by atoms with Crippen LogP contribution in [0.25, 0.3) is 0 Å². The molecule has 4 nitrogen and oxygen atoms in total. The summed E-state index contributed by atoms with van der Waals surface area (Å²) in [6.45, 7) is 7.46. The molecule has 102 valence electrons. The van der Waals surface area contributed by atoms with Crippen LogP contribution in [-0.2, 0) is 6.54 Å². The van der Waals surface area contributed by atoms with Gasteiger partial charge >= 0.3 is 0 Å². The Hall–Kier alpha value is -1.81. The first-order chi connectivity index (χ1) is 9.11. The van der Waals surface area contributed by atoms with Gasteiger partial charge in [-0.2, -0.15) is 0 Å². The Morgan fingerprint density at radius 2 is 1.95 bits per heavy atom. The molecule has 0 aliphatic carbocycles. The third kappa shape index (κ3) is 3.15. The molecular weight excluding hydrogens is 238 g/mol. The molecule has 19 heavy (non-hydrogen) atoms. The van der Waals surface area contributed by atoms with Crippen LogP contribution in [0.15, 0.2) is 30.6 Å². The lowest BCUT2D eigenvalue weighted by atomic mass is 10.1. The quantitative estimate of drug-likeness (QED) is 0.898. The van der Waals surface area contributed by atoms with E-state index < -0.39 is 0 Å². The van der Waals surface area contributed by atoms with Gasteiger partial charge in [-0.1, -0.05) is 12.1 Å². The van der Waals surface area contributed by atoms with Gasteiger partial charge in [-0.3, -0.25) is 0 Å². The Balaban J connectivity index is 2.07. The van der Waals surface area contributed by atoms with E-state index in [9.17, 15) is 0 Å². The van der Waals surface area contributed by atoms with Crippen LogP contribution >= 0.6 is 0 Å². The summed E-state index contributed by atoms with van der Waals surface area (Å²) in [5, 5.41) is 0. The number of rotatable bonds is 5. The summed E-state index contributed by atoms with van der Waals surface area (Å²) in [6.07, 6.45) is 1.85. The number of nitrogens with two attached hydrogens (primary N) is 1. The van der Waals surface area contributed by atoms with Gasteiger partial charge in [-0.25, -0.2) is 4.98 Å². The molecule has 1 atom stereocenters. The molecule has 2 N–H and O–H groups in total. The summed E-state index contributed by atoms with van der Waals surface area (Å²) < 4.78 is 7.52. The predicted octanol–water partition coefficient (Wildman–Crippen LogP) is 2.60. The SMILES string of the molecule is CCOc1ccc(C(N)Cn2cnc(C)c2C)cc1. The van der Waals surface area contributed by atoms with Gasteiger partial charge in [0.05, 0.1) is 18.6 Å². The highest BCUT2D eigenvalue weighted by atomic mass is 16.5. The minimum atomic E-state index is -0.0389. The van der Waals surface area contributed by atoms with E-state index in [4.69, 9.17) is 10.5 Å². The van der Waals surface area contributed by atoms with Gasteiger partial charge in [0.25, 0.3) is 0 Å². The minimum Gasteiger partial charge on any atom is -0.494 e. The zero-order valence-electron chi connectivity index (χ0n) is 11.8. The normalized spacial score (nSPS) is 12.4. The van der Waals surface area contributed by atoms with Crippen LogP contribution in [0.1, 0.15) is 29.9 Å². The number of aromatic nitrogens is 2. The summed E-state index contributed by atoms with van der Waals surface area (Å²) in [5.41, 5.74) is 9.57. The van der Waals surface area contributed by atoms with Gasteiger partial charge in [0.2, 0.25) is 0 Å². The average molecular weight is 259 g/mol. The maximum Gasteiger partial charge on any atom is 0.119 e. The van der Waals surface area contributed by atoms with E-state index in [0.29, 0.717) is 6.61 Å². The van der Waals surface area contributed by atoms with Crippen LogP contribution in [-0.4, -0.2) is 16.2 Å². The second-order valence-corrected chi connectivity index (χ2v) is 4.68. The van der Waals surface area contributed by atoms with Crippen molar-refractivity contribution in [3.8, 4) is 5.75 Å². The molecule has 0 bridgehead atoms. The maximum atomic E-state index is 6.24. The number of benzene rings is 1. The second kappa shape index (κ2) is 5.89. The standard InChI is InChI=1S/C15H21N3O/c1-4-19-14-7-5-13(6-8-14)15(16)9-18-10-17-11(2)12(18)3/h5-8,10,15H,4,9,16H2,1-3H3.